The van der Waals surface area contributed by atoms with Gasteiger partial charge in [-0.25, -0.2) is 0 Å². The van der Waals surface area contributed by atoms with E-state index >= 15 is 0 Å². The summed E-state index contributed by atoms with van der Waals surface area (Å²) in [7, 11) is 0. The minimum absolute atomic E-state index is 0.0560. The maximum absolute atomic E-state index is 6.26. The van der Waals surface area contributed by atoms with Gasteiger partial charge in [-0.15, -0.1) is 0 Å². The van der Waals surface area contributed by atoms with Crippen LogP contribution in [0.2, 0.25) is 15.1 Å². The summed E-state index contributed by atoms with van der Waals surface area (Å²) in [5.74, 6) is 0. The highest BCUT2D eigenvalue weighted by Crippen LogP contribution is 2.35. The average Bonchev–Trinajstić information content (AvgIpc) is 2.45. The first-order chi connectivity index (χ1) is 9.50. The number of nitrogens with zero attached hydrogens (tertiary/aromatic N) is 1. The van der Waals surface area contributed by atoms with Crippen LogP contribution in [0.25, 0.3) is 0 Å². The zero-order chi connectivity index (χ0) is 14.7. The molecule has 2 nitrogen and oxygen atoms in total. The highest BCUT2D eigenvalue weighted by molar-refractivity contribution is 6.48. The zero-order valence-electron chi connectivity index (χ0n) is 11.2. The quantitative estimate of drug-likeness (QED) is 0.754. The molecule has 2 aromatic rings. The molecule has 0 saturated carbocycles. The van der Waals surface area contributed by atoms with Crippen molar-refractivity contribution in [1.82, 2.24) is 10.3 Å². The van der Waals surface area contributed by atoms with Crippen molar-refractivity contribution in [3.05, 3.63) is 62.9 Å². The first-order valence-electron chi connectivity index (χ1n) is 6.30. The minimum Gasteiger partial charge on any atom is -0.304 e. The summed E-state index contributed by atoms with van der Waals surface area (Å²) in [6.07, 6.45) is 3.56. The van der Waals surface area contributed by atoms with Gasteiger partial charge in [-0.3, -0.25) is 4.98 Å². The molecule has 0 fully saturated rings. The van der Waals surface area contributed by atoms with Crippen molar-refractivity contribution in [3.8, 4) is 0 Å². The first kappa shape index (κ1) is 15.6. The van der Waals surface area contributed by atoms with Crippen molar-refractivity contribution >= 4 is 34.8 Å². The molecule has 0 aliphatic carbocycles. The number of pyridine rings is 1. The highest BCUT2D eigenvalue weighted by Gasteiger charge is 2.16. The van der Waals surface area contributed by atoms with Crippen LogP contribution in [-0.2, 0) is 0 Å². The number of hydrogen-bond donors (Lipinski definition) is 1. The van der Waals surface area contributed by atoms with Gasteiger partial charge in [0.15, 0.2) is 0 Å². The lowest BCUT2D eigenvalue weighted by Crippen LogP contribution is -2.22. The Hall–Kier alpha value is -0.800. The number of aromatic nitrogens is 1. The number of hydrogen-bond acceptors (Lipinski definition) is 2. The van der Waals surface area contributed by atoms with E-state index in [2.05, 4.69) is 17.2 Å². The average molecular weight is 330 g/mol. The number of benzene rings is 1. The molecule has 106 valence electrons. The second-order valence-electron chi connectivity index (χ2n) is 4.66. The van der Waals surface area contributed by atoms with E-state index in [0.29, 0.717) is 15.1 Å². The normalized spacial score (nSPS) is 14.1. The van der Waals surface area contributed by atoms with Gasteiger partial charge in [-0.05, 0) is 43.2 Å². The van der Waals surface area contributed by atoms with E-state index in [9.17, 15) is 0 Å². The molecule has 0 bridgehead atoms. The van der Waals surface area contributed by atoms with Crippen molar-refractivity contribution in [3.63, 3.8) is 0 Å². The van der Waals surface area contributed by atoms with Crippen molar-refractivity contribution in [2.45, 2.75) is 25.9 Å². The smallest absolute Gasteiger partial charge is 0.0781 e. The molecule has 0 spiro atoms. The molecule has 0 aliphatic heterocycles. The molecule has 1 unspecified atom stereocenters. The SMILES string of the molecule is CC(N[C@@H](C)c1ccncc1)c1ccc(Cl)c(Cl)c1Cl. The summed E-state index contributed by atoms with van der Waals surface area (Å²) in [6, 6.07) is 7.87. The first-order valence-corrected chi connectivity index (χ1v) is 7.43. The summed E-state index contributed by atoms with van der Waals surface area (Å²) in [5, 5.41) is 4.85. The van der Waals surface area contributed by atoms with E-state index < -0.39 is 0 Å². The van der Waals surface area contributed by atoms with Crippen molar-refractivity contribution in [2.24, 2.45) is 0 Å². The Labute approximate surface area is 134 Å². The molecular formula is C15H15Cl3N2. The monoisotopic (exact) mass is 328 g/mol. The van der Waals surface area contributed by atoms with Crippen LogP contribution in [-0.4, -0.2) is 4.98 Å². The molecule has 1 N–H and O–H groups in total. The van der Waals surface area contributed by atoms with Crippen LogP contribution in [0, 0.1) is 0 Å². The van der Waals surface area contributed by atoms with E-state index in [4.69, 9.17) is 34.8 Å². The lowest BCUT2D eigenvalue weighted by atomic mass is 10.0. The van der Waals surface area contributed by atoms with E-state index in [1.807, 2.05) is 25.1 Å². The van der Waals surface area contributed by atoms with E-state index in [-0.39, 0.29) is 12.1 Å². The Balaban J connectivity index is 2.17. The Bertz CT molecular complexity index is 587. The Morgan fingerprint density at radius 1 is 0.900 bits per heavy atom. The summed E-state index contributed by atoms with van der Waals surface area (Å²) >= 11 is 18.3. The molecule has 2 rings (SSSR count). The van der Waals surface area contributed by atoms with Crippen molar-refractivity contribution in [1.29, 1.82) is 0 Å². The van der Waals surface area contributed by atoms with Gasteiger partial charge < -0.3 is 5.32 Å². The van der Waals surface area contributed by atoms with Crippen molar-refractivity contribution < 1.29 is 0 Å². The summed E-state index contributed by atoms with van der Waals surface area (Å²) in [5.41, 5.74) is 2.10. The second kappa shape index (κ2) is 6.77. The third-order valence-corrected chi connectivity index (χ3v) is 4.55. The molecule has 1 aromatic carbocycles. The Kier molecular flexibility index (Phi) is 5.28. The van der Waals surface area contributed by atoms with Gasteiger partial charge in [-0.1, -0.05) is 40.9 Å². The minimum atomic E-state index is 0.0560. The second-order valence-corrected chi connectivity index (χ2v) is 5.82. The van der Waals surface area contributed by atoms with Crippen LogP contribution < -0.4 is 5.32 Å². The Morgan fingerprint density at radius 3 is 2.20 bits per heavy atom. The van der Waals surface area contributed by atoms with E-state index in [0.717, 1.165) is 5.56 Å². The van der Waals surface area contributed by atoms with Gasteiger partial charge in [-0.2, -0.15) is 0 Å². The van der Waals surface area contributed by atoms with Crippen LogP contribution in [0.3, 0.4) is 0 Å². The molecule has 2 atom stereocenters. The molecular weight excluding hydrogens is 315 g/mol. The third-order valence-electron chi connectivity index (χ3n) is 3.24. The van der Waals surface area contributed by atoms with Crippen LogP contribution >= 0.6 is 34.8 Å². The molecule has 1 aromatic heterocycles. The van der Waals surface area contributed by atoms with Crippen LogP contribution in [0.1, 0.15) is 37.1 Å². The fourth-order valence-electron chi connectivity index (χ4n) is 2.09. The lowest BCUT2D eigenvalue weighted by Gasteiger charge is -2.22. The van der Waals surface area contributed by atoms with Crippen LogP contribution in [0.15, 0.2) is 36.7 Å². The van der Waals surface area contributed by atoms with Gasteiger partial charge in [0, 0.05) is 24.5 Å². The van der Waals surface area contributed by atoms with Gasteiger partial charge in [0.25, 0.3) is 0 Å². The predicted molar refractivity (Wildman–Crippen MR) is 85.7 cm³/mol. The molecule has 0 saturated heterocycles. The van der Waals surface area contributed by atoms with Crippen molar-refractivity contribution in [2.75, 3.05) is 0 Å². The maximum Gasteiger partial charge on any atom is 0.0781 e. The van der Waals surface area contributed by atoms with Crippen LogP contribution in [0.5, 0.6) is 0 Å². The van der Waals surface area contributed by atoms with Gasteiger partial charge in [0.05, 0.1) is 15.1 Å². The third kappa shape index (κ3) is 3.44. The summed E-state index contributed by atoms with van der Waals surface area (Å²) < 4.78 is 0. The molecule has 0 aliphatic rings. The predicted octanol–water partition coefficient (Wildman–Crippen LogP) is 5.45. The number of rotatable bonds is 4. The number of nitrogens with one attached hydrogen (secondary N) is 1. The zero-order valence-corrected chi connectivity index (χ0v) is 13.5. The van der Waals surface area contributed by atoms with Crippen LogP contribution in [0.4, 0.5) is 0 Å². The molecule has 0 radical (unpaired) electrons. The van der Waals surface area contributed by atoms with E-state index in [1.165, 1.54) is 5.56 Å². The standard InChI is InChI=1S/C15H15Cl3N2/c1-9(11-5-7-19-8-6-11)20-10(2)12-3-4-13(16)15(18)14(12)17/h3-10,20H,1-2H3/t9-,10?/m0/s1. The maximum atomic E-state index is 6.26. The summed E-state index contributed by atoms with van der Waals surface area (Å²) in [6.45, 7) is 4.14. The Morgan fingerprint density at radius 2 is 1.55 bits per heavy atom. The van der Waals surface area contributed by atoms with E-state index in [1.54, 1.807) is 18.5 Å². The topological polar surface area (TPSA) is 24.9 Å². The van der Waals surface area contributed by atoms with Gasteiger partial charge >= 0.3 is 0 Å². The fraction of sp³-hybridized carbons (Fsp3) is 0.267. The molecule has 0 amide bonds. The number of halogens is 3. The molecule has 5 heteroatoms. The largest absolute Gasteiger partial charge is 0.304 e. The summed E-state index contributed by atoms with van der Waals surface area (Å²) in [4.78, 5) is 4.02. The highest BCUT2D eigenvalue weighted by atomic mass is 35.5. The molecule has 20 heavy (non-hydrogen) atoms. The van der Waals surface area contributed by atoms with Gasteiger partial charge in [0.1, 0.15) is 0 Å². The lowest BCUT2D eigenvalue weighted by molar-refractivity contribution is 0.494. The molecule has 1 heterocycles. The van der Waals surface area contributed by atoms with Gasteiger partial charge in [0.2, 0.25) is 0 Å². The fourth-order valence-corrected chi connectivity index (χ4v) is 2.79.